The van der Waals surface area contributed by atoms with E-state index in [4.69, 9.17) is 0 Å². The second-order valence-electron chi connectivity index (χ2n) is 4.96. The molecule has 1 aliphatic rings. The van der Waals surface area contributed by atoms with E-state index in [0.717, 1.165) is 24.9 Å². The van der Waals surface area contributed by atoms with Crippen LogP contribution in [-0.2, 0) is 9.84 Å². The molecule has 2 atom stereocenters. The highest BCUT2D eigenvalue weighted by molar-refractivity contribution is 9.10. The number of benzene rings is 1. The van der Waals surface area contributed by atoms with E-state index < -0.39 is 9.84 Å². The van der Waals surface area contributed by atoms with Crippen molar-refractivity contribution in [3.8, 4) is 0 Å². The summed E-state index contributed by atoms with van der Waals surface area (Å²) in [6, 6.07) is 5.58. The summed E-state index contributed by atoms with van der Waals surface area (Å²) >= 11 is 3.39. The Morgan fingerprint density at radius 2 is 2.00 bits per heavy atom. The molecule has 0 amide bonds. The second-order valence-corrected chi connectivity index (χ2v) is 7.92. The molecule has 0 saturated carbocycles. The quantitative estimate of drug-likeness (QED) is 0.888. The smallest absolute Gasteiger partial charge is 0.184 e. The van der Waals surface area contributed by atoms with Gasteiger partial charge in [0.25, 0.3) is 0 Å². The first kappa shape index (κ1) is 15.0. The zero-order valence-electron chi connectivity index (χ0n) is 11.3. The van der Waals surface area contributed by atoms with Crippen LogP contribution in [0.4, 0.5) is 0 Å². The van der Waals surface area contributed by atoms with Crippen molar-refractivity contribution in [2.75, 3.05) is 6.54 Å². The summed E-state index contributed by atoms with van der Waals surface area (Å²) in [6.07, 6.45) is 2.57. The zero-order chi connectivity index (χ0) is 14.0. The minimum Gasteiger partial charge on any atom is -0.309 e. The summed E-state index contributed by atoms with van der Waals surface area (Å²) in [5.74, 6) is 0. The van der Waals surface area contributed by atoms with Gasteiger partial charge in [-0.05, 0) is 46.9 Å². The Kier molecular flexibility index (Phi) is 4.69. The van der Waals surface area contributed by atoms with Crippen LogP contribution in [0.5, 0.6) is 0 Å². The summed E-state index contributed by atoms with van der Waals surface area (Å²) in [7, 11) is -3.23. The second kappa shape index (κ2) is 5.94. The van der Waals surface area contributed by atoms with Crippen molar-refractivity contribution in [1.82, 2.24) is 5.32 Å². The van der Waals surface area contributed by atoms with Crippen LogP contribution >= 0.6 is 15.9 Å². The molecule has 1 N–H and O–H groups in total. The van der Waals surface area contributed by atoms with Crippen molar-refractivity contribution < 1.29 is 8.42 Å². The number of fused-ring (bicyclic) bond motifs is 1. The maximum absolute atomic E-state index is 12.7. The molecule has 2 unspecified atom stereocenters. The molecule has 1 aromatic carbocycles. The van der Waals surface area contributed by atoms with Gasteiger partial charge in [-0.25, -0.2) is 8.42 Å². The van der Waals surface area contributed by atoms with Crippen molar-refractivity contribution in [1.29, 1.82) is 0 Å². The van der Waals surface area contributed by atoms with E-state index in [0.29, 0.717) is 15.8 Å². The maximum atomic E-state index is 12.7. The summed E-state index contributed by atoms with van der Waals surface area (Å²) in [6.45, 7) is 4.96. The Balaban J connectivity index is 2.51. The van der Waals surface area contributed by atoms with Gasteiger partial charge < -0.3 is 5.32 Å². The molecule has 5 heteroatoms. The Morgan fingerprint density at radius 3 is 2.63 bits per heavy atom. The first-order chi connectivity index (χ1) is 9.04. The van der Waals surface area contributed by atoms with Gasteiger partial charge in [0.15, 0.2) is 9.84 Å². The van der Waals surface area contributed by atoms with Gasteiger partial charge >= 0.3 is 0 Å². The molecule has 0 spiro atoms. The molecule has 0 radical (unpaired) electrons. The van der Waals surface area contributed by atoms with E-state index >= 15 is 0 Å². The molecule has 19 heavy (non-hydrogen) atoms. The van der Waals surface area contributed by atoms with Gasteiger partial charge in [0.2, 0.25) is 0 Å². The number of rotatable bonds is 5. The van der Waals surface area contributed by atoms with E-state index in [-0.39, 0.29) is 11.3 Å². The molecule has 0 bridgehead atoms. The van der Waals surface area contributed by atoms with Crippen molar-refractivity contribution in [3.05, 3.63) is 28.2 Å². The number of hydrogen-bond donors (Lipinski definition) is 1. The van der Waals surface area contributed by atoms with Crippen LogP contribution in [0.2, 0.25) is 0 Å². The Bertz CT molecular complexity index is 557. The third-order valence-electron chi connectivity index (χ3n) is 3.57. The van der Waals surface area contributed by atoms with Crippen LogP contribution in [0.25, 0.3) is 0 Å². The molecule has 1 heterocycles. The van der Waals surface area contributed by atoms with Crippen molar-refractivity contribution >= 4 is 25.8 Å². The minimum atomic E-state index is -3.23. The van der Waals surface area contributed by atoms with E-state index in [2.05, 4.69) is 28.2 Å². The average molecular weight is 346 g/mol. The molecule has 0 fully saturated rings. The fourth-order valence-electron chi connectivity index (χ4n) is 2.75. The van der Waals surface area contributed by atoms with Crippen LogP contribution < -0.4 is 5.32 Å². The van der Waals surface area contributed by atoms with Gasteiger partial charge in [-0.2, -0.15) is 0 Å². The molecule has 1 aromatic rings. The van der Waals surface area contributed by atoms with Crippen LogP contribution in [0.15, 0.2) is 27.6 Å². The Morgan fingerprint density at radius 1 is 1.26 bits per heavy atom. The van der Waals surface area contributed by atoms with Crippen molar-refractivity contribution in [2.45, 2.75) is 49.3 Å². The minimum absolute atomic E-state index is 0.0719. The standard InChI is InChI=1S/C14H20BrNO2S/c1-3-6-12-13(16-9-4-2)10-7-5-8-11(15)14(10)19(12,17)18/h5,7-8,12-13,16H,3-4,6,9H2,1-2H3. The highest BCUT2D eigenvalue weighted by Gasteiger charge is 2.45. The Hall–Kier alpha value is -0.390. The summed E-state index contributed by atoms with van der Waals surface area (Å²) in [4.78, 5) is 0.488. The van der Waals surface area contributed by atoms with E-state index in [1.54, 1.807) is 0 Å². The summed E-state index contributed by atoms with van der Waals surface area (Å²) < 4.78 is 26.1. The molecular formula is C14H20BrNO2S. The molecule has 3 nitrogen and oxygen atoms in total. The van der Waals surface area contributed by atoms with Gasteiger partial charge in [0.1, 0.15) is 0 Å². The fraction of sp³-hybridized carbons (Fsp3) is 0.571. The molecule has 0 saturated heterocycles. The Labute approximate surface area is 123 Å². The third-order valence-corrected chi connectivity index (χ3v) is 6.83. The predicted octanol–water partition coefficient (Wildman–Crippen LogP) is 3.45. The number of nitrogens with one attached hydrogen (secondary N) is 1. The van der Waals surface area contributed by atoms with E-state index in [1.165, 1.54) is 0 Å². The van der Waals surface area contributed by atoms with Gasteiger partial charge in [0, 0.05) is 4.47 Å². The SMILES string of the molecule is CCCNC1c2cccc(Br)c2S(=O)(=O)C1CCC. The summed E-state index contributed by atoms with van der Waals surface area (Å²) in [5.41, 5.74) is 0.918. The molecule has 106 valence electrons. The van der Waals surface area contributed by atoms with Crippen LogP contribution in [0, 0.1) is 0 Å². The lowest BCUT2D eigenvalue weighted by Crippen LogP contribution is -2.32. The van der Waals surface area contributed by atoms with Crippen LogP contribution in [0.1, 0.15) is 44.7 Å². The lowest BCUT2D eigenvalue weighted by molar-refractivity contribution is 0.481. The largest absolute Gasteiger partial charge is 0.309 e. The molecule has 2 rings (SSSR count). The fourth-order valence-corrected chi connectivity index (χ4v) is 6.12. The average Bonchev–Trinajstić information content (AvgIpc) is 2.58. The van der Waals surface area contributed by atoms with Gasteiger partial charge in [-0.1, -0.05) is 32.4 Å². The van der Waals surface area contributed by atoms with Gasteiger partial charge in [-0.15, -0.1) is 0 Å². The highest BCUT2D eigenvalue weighted by Crippen LogP contribution is 2.44. The third kappa shape index (κ3) is 2.60. The highest BCUT2D eigenvalue weighted by atomic mass is 79.9. The predicted molar refractivity (Wildman–Crippen MR) is 81.1 cm³/mol. The number of sulfone groups is 1. The lowest BCUT2D eigenvalue weighted by atomic mass is 10.0. The monoisotopic (exact) mass is 345 g/mol. The topological polar surface area (TPSA) is 46.2 Å². The molecule has 0 aliphatic carbocycles. The first-order valence-electron chi connectivity index (χ1n) is 6.79. The normalized spacial score (nSPS) is 24.4. The van der Waals surface area contributed by atoms with E-state index in [9.17, 15) is 8.42 Å². The first-order valence-corrected chi connectivity index (χ1v) is 9.13. The van der Waals surface area contributed by atoms with Gasteiger partial charge in [-0.3, -0.25) is 0 Å². The molecule has 0 aromatic heterocycles. The van der Waals surface area contributed by atoms with Crippen molar-refractivity contribution in [3.63, 3.8) is 0 Å². The maximum Gasteiger partial charge on any atom is 0.184 e. The lowest BCUT2D eigenvalue weighted by Gasteiger charge is -2.20. The summed E-state index contributed by atoms with van der Waals surface area (Å²) in [5, 5.41) is 3.07. The molecular weight excluding hydrogens is 326 g/mol. The van der Waals surface area contributed by atoms with Crippen LogP contribution in [-0.4, -0.2) is 20.2 Å². The zero-order valence-corrected chi connectivity index (χ0v) is 13.7. The van der Waals surface area contributed by atoms with Crippen LogP contribution in [0.3, 0.4) is 0 Å². The van der Waals surface area contributed by atoms with E-state index in [1.807, 2.05) is 25.1 Å². The number of halogens is 1. The number of hydrogen-bond acceptors (Lipinski definition) is 3. The molecule has 1 aliphatic heterocycles. The van der Waals surface area contributed by atoms with Crippen molar-refractivity contribution in [2.24, 2.45) is 0 Å². The van der Waals surface area contributed by atoms with Gasteiger partial charge in [0.05, 0.1) is 16.2 Å².